The smallest absolute Gasteiger partial charge is 0.277 e. The van der Waals surface area contributed by atoms with Crippen LogP contribution in [-0.2, 0) is 5.41 Å². The molecule has 0 aliphatic carbocycles. The predicted molar refractivity (Wildman–Crippen MR) is 79.7 cm³/mol. The van der Waals surface area contributed by atoms with Gasteiger partial charge in [0.1, 0.15) is 5.82 Å². The van der Waals surface area contributed by atoms with Crippen molar-refractivity contribution in [2.45, 2.75) is 39.5 Å². The molecule has 6 heteroatoms. The summed E-state index contributed by atoms with van der Waals surface area (Å²) in [7, 11) is 0. The van der Waals surface area contributed by atoms with Crippen molar-refractivity contribution >= 4 is 17.2 Å². The van der Waals surface area contributed by atoms with Crippen LogP contribution in [0.3, 0.4) is 0 Å². The van der Waals surface area contributed by atoms with Crippen LogP contribution in [0.25, 0.3) is 10.6 Å². The van der Waals surface area contributed by atoms with Crippen LogP contribution in [0, 0.1) is 6.92 Å². The molecule has 0 unspecified atom stereocenters. The van der Waals surface area contributed by atoms with Gasteiger partial charge in [0.2, 0.25) is 0 Å². The summed E-state index contributed by atoms with van der Waals surface area (Å²) in [6.45, 7) is 8.19. The quantitative estimate of drug-likeness (QED) is 0.938. The molecule has 0 spiro atoms. The first-order valence-corrected chi connectivity index (χ1v) is 7.28. The van der Waals surface area contributed by atoms with Gasteiger partial charge in [-0.2, -0.15) is 0 Å². The zero-order valence-corrected chi connectivity index (χ0v) is 12.9. The largest absolute Gasteiger partial charge is 0.364 e. The minimum absolute atomic E-state index is 0.0822. The maximum Gasteiger partial charge on any atom is 0.277 e. The van der Waals surface area contributed by atoms with Gasteiger partial charge in [-0.1, -0.05) is 20.8 Å². The molecule has 2 heterocycles. The number of aryl methyl sites for hydroxylation is 1. The van der Waals surface area contributed by atoms with Crippen molar-refractivity contribution in [1.29, 1.82) is 0 Å². The van der Waals surface area contributed by atoms with Crippen LogP contribution in [0.15, 0.2) is 12.3 Å². The number of primary amides is 1. The van der Waals surface area contributed by atoms with E-state index in [-0.39, 0.29) is 5.41 Å². The van der Waals surface area contributed by atoms with E-state index in [4.69, 9.17) is 5.73 Å². The van der Waals surface area contributed by atoms with E-state index in [1.54, 1.807) is 6.20 Å². The molecular formula is C14H18N4OS. The number of amides is 1. The molecule has 2 aromatic heterocycles. The van der Waals surface area contributed by atoms with Crippen molar-refractivity contribution in [3.63, 3.8) is 0 Å². The zero-order valence-electron chi connectivity index (χ0n) is 12.1. The molecule has 0 aliphatic heterocycles. The minimum Gasteiger partial charge on any atom is -0.364 e. The normalized spacial score (nSPS) is 11.6. The highest BCUT2D eigenvalue weighted by Crippen LogP contribution is 2.30. The number of carbonyl (C=O) groups is 1. The van der Waals surface area contributed by atoms with Crippen LogP contribution in [0.2, 0.25) is 0 Å². The van der Waals surface area contributed by atoms with E-state index in [1.807, 2.05) is 13.0 Å². The molecule has 0 saturated heterocycles. The van der Waals surface area contributed by atoms with Crippen molar-refractivity contribution in [2.24, 2.45) is 5.73 Å². The second-order valence-corrected chi connectivity index (χ2v) is 6.30. The Morgan fingerprint density at radius 2 is 2.10 bits per heavy atom. The summed E-state index contributed by atoms with van der Waals surface area (Å²) < 4.78 is 0. The lowest BCUT2D eigenvalue weighted by atomic mass is 9.89. The van der Waals surface area contributed by atoms with Crippen LogP contribution in [0.5, 0.6) is 0 Å². The van der Waals surface area contributed by atoms with Gasteiger partial charge in [-0.05, 0) is 19.4 Å². The Hall–Kier alpha value is -1.82. The van der Waals surface area contributed by atoms with E-state index < -0.39 is 5.91 Å². The first-order chi connectivity index (χ1) is 9.35. The number of rotatable bonds is 4. The number of hydrogen-bond acceptors (Lipinski definition) is 5. The van der Waals surface area contributed by atoms with Crippen molar-refractivity contribution < 1.29 is 4.79 Å². The van der Waals surface area contributed by atoms with E-state index in [0.717, 1.165) is 28.5 Å². The Labute approximate surface area is 122 Å². The van der Waals surface area contributed by atoms with Crippen LogP contribution < -0.4 is 5.73 Å². The third-order valence-electron chi connectivity index (χ3n) is 3.38. The molecule has 106 valence electrons. The Morgan fingerprint density at radius 3 is 2.65 bits per heavy atom. The number of thiazole rings is 1. The molecule has 1 amide bonds. The Bertz CT molecular complexity index is 648. The summed E-state index contributed by atoms with van der Waals surface area (Å²) >= 11 is 1.27. The zero-order chi connectivity index (χ0) is 14.9. The van der Waals surface area contributed by atoms with Gasteiger partial charge in [0.25, 0.3) is 5.91 Å². The van der Waals surface area contributed by atoms with Gasteiger partial charge in [0, 0.05) is 11.6 Å². The molecule has 20 heavy (non-hydrogen) atoms. The highest BCUT2D eigenvalue weighted by Gasteiger charge is 2.23. The molecule has 0 aromatic carbocycles. The molecule has 0 aliphatic rings. The number of aromatic nitrogens is 3. The number of carbonyl (C=O) groups excluding carboxylic acids is 1. The second kappa shape index (κ2) is 5.28. The van der Waals surface area contributed by atoms with Gasteiger partial charge < -0.3 is 5.73 Å². The molecule has 2 N–H and O–H groups in total. The molecule has 2 rings (SSSR count). The van der Waals surface area contributed by atoms with Gasteiger partial charge in [0.15, 0.2) is 5.01 Å². The molecule has 5 nitrogen and oxygen atoms in total. The number of hydrogen-bond donors (Lipinski definition) is 1. The van der Waals surface area contributed by atoms with E-state index in [9.17, 15) is 4.79 Å². The Balaban J connectivity index is 2.49. The lowest BCUT2D eigenvalue weighted by molar-refractivity contribution is 0.1000. The summed E-state index contributed by atoms with van der Waals surface area (Å²) in [6, 6.07) is 1.83. The van der Waals surface area contributed by atoms with Crippen molar-refractivity contribution in [3.8, 4) is 10.6 Å². The van der Waals surface area contributed by atoms with Crippen molar-refractivity contribution in [1.82, 2.24) is 15.0 Å². The fourth-order valence-electron chi connectivity index (χ4n) is 1.71. The summed E-state index contributed by atoms with van der Waals surface area (Å²) in [6.07, 6.45) is 2.70. The third-order valence-corrected chi connectivity index (χ3v) is 4.58. The lowest BCUT2D eigenvalue weighted by Gasteiger charge is -2.20. The summed E-state index contributed by atoms with van der Waals surface area (Å²) in [5.41, 5.74) is 6.75. The minimum atomic E-state index is -0.507. The molecule has 2 aromatic rings. The van der Waals surface area contributed by atoms with Gasteiger partial charge in [0.05, 0.1) is 16.3 Å². The topological polar surface area (TPSA) is 81.8 Å². The second-order valence-electron chi connectivity index (χ2n) is 5.30. The Morgan fingerprint density at radius 1 is 1.40 bits per heavy atom. The number of nitrogens with two attached hydrogens (primary N) is 1. The monoisotopic (exact) mass is 290 g/mol. The fraction of sp³-hybridized carbons (Fsp3) is 0.429. The first-order valence-electron chi connectivity index (χ1n) is 6.46. The van der Waals surface area contributed by atoms with E-state index in [0.29, 0.717) is 5.01 Å². The molecule has 0 atom stereocenters. The summed E-state index contributed by atoms with van der Waals surface area (Å²) in [5, 5.41) is 0.312. The molecule has 0 bridgehead atoms. The van der Waals surface area contributed by atoms with Crippen LogP contribution in [0.1, 0.15) is 48.5 Å². The van der Waals surface area contributed by atoms with Gasteiger partial charge in [-0.3, -0.25) is 4.79 Å². The van der Waals surface area contributed by atoms with Crippen molar-refractivity contribution in [3.05, 3.63) is 28.8 Å². The molecule has 0 fully saturated rings. The molecular weight excluding hydrogens is 272 g/mol. The highest BCUT2D eigenvalue weighted by molar-refractivity contribution is 7.17. The highest BCUT2D eigenvalue weighted by atomic mass is 32.1. The average molecular weight is 290 g/mol. The Kier molecular flexibility index (Phi) is 3.85. The predicted octanol–water partition coefficient (Wildman–Crippen LogP) is 2.70. The fourth-order valence-corrected chi connectivity index (χ4v) is 2.60. The maximum absolute atomic E-state index is 11.2. The lowest BCUT2D eigenvalue weighted by Crippen LogP contribution is -2.19. The number of nitrogens with zero attached hydrogens (tertiary/aromatic N) is 3. The molecule has 0 saturated carbocycles. The maximum atomic E-state index is 11.2. The van der Waals surface area contributed by atoms with Crippen LogP contribution in [0.4, 0.5) is 0 Å². The average Bonchev–Trinajstić information content (AvgIpc) is 2.81. The van der Waals surface area contributed by atoms with Gasteiger partial charge in [-0.15, -0.1) is 11.3 Å². The van der Waals surface area contributed by atoms with Crippen LogP contribution >= 0.6 is 11.3 Å². The van der Waals surface area contributed by atoms with E-state index in [2.05, 4.69) is 35.7 Å². The van der Waals surface area contributed by atoms with Gasteiger partial charge >= 0.3 is 0 Å². The standard InChI is InChI=1S/C14H18N4OS/c1-5-14(3,4)13-16-7-6-9(18-13)10-8(2)17-12(20-10)11(15)19/h6-7H,5H2,1-4H3,(H2,15,19). The van der Waals surface area contributed by atoms with E-state index in [1.165, 1.54) is 11.3 Å². The SMILES string of the molecule is CCC(C)(C)c1nccc(-c2sc(C(N)=O)nc2C)n1. The van der Waals surface area contributed by atoms with Crippen LogP contribution in [-0.4, -0.2) is 20.9 Å². The third kappa shape index (κ3) is 2.70. The molecule has 0 radical (unpaired) electrons. The first kappa shape index (κ1) is 14.6. The van der Waals surface area contributed by atoms with Crippen molar-refractivity contribution in [2.75, 3.05) is 0 Å². The summed E-state index contributed by atoms with van der Waals surface area (Å²) in [5.74, 6) is 0.290. The van der Waals surface area contributed by atoms with Gasteiger partial charge in [-0.25, -0.2) is 15.0 Å². The summed E-state index contributed by atoms with van der Waals surface area (Å²) in [4.78, 5) is 25.2. The van der Waals surface area contributed by atoms with E-state index >= 15 is 0 Å².